The van der Waals surface area contributed by atoms with Crippen LogP contribution in [0.3, 0.4) is 0 Å². The van der Waals surface area contributed by atoms with Crippen molar-refractivity contribution >= 4 is 28.8 Å². The van der Waals surface area contributed by atoms with Crippen LogP contribution < -0.4 is 5.32 Å². The van der Waals surface area contributed by atoms with Gasteiger partial charge in [-0.3, -0.25) is 9.59 Å². The van der Waals surface area contributed by atoms with Crippen LogP contribution in [0.5, 0.6) is 0 Å². The zero-order valence-electron chi connectivity index (χ0n) is 13.1. The van der Waals surface area contributed by atoms with Crippen molar-refractivity contribution in [1.29, 1.82) is 0 Å². The Kier molecular flexibility index (Phi) is 5.08. The van der Waals surface area contributed by atoms with Gasteiger partial charge >= 0.3 is 0 Å². The first-order valence-corrected chi connectivity index (χ1v) is 8.62. The van der Waals surface area contributed by atoms with Crippen molar-refractivity contribution < 1.29 is 22.8 Å². The Morgan fingerprint density at radius 2 is 1.80 bits per heavy atom. The summed E-state index contributed by atoms with van der Waals surface area (Å²) in [5, 5.41) is 4.12. The van der Waals surface area contributed by atoms with Crippen molar-refractivity contribution in [3.63, 3.8) is 0 Å². The first-order chi connectivity index (χ1) is 12.0. The molecule has 8 heteroatoms. The number of hydrogen-bond donors (Lipinski definition) is 1. The van der Waals surface area contributed by atoms with Crippen LogP contribution in [0.1, 0.15) is 22.5 Å². The number of rotatable bonds is 3. The van der Waals surface area contributed by atoms with Crippen molar-refractivity contribution in [2.45, 2.75) is 12.8 Å². The van der Waals surface area contributed by atoms with E-state index in [2.05, 4.69) is 5.32 Å². The van der Waals surface area contributed by atoms with Gasteiger partial charge in [0, 0.05) is 19.0 Å². The molecule has 4 nitrogen and oxygen atoms in total. The van der Waals surface area contributed by atoms with E-state index in [1.54, 1.807) is 17.0 Å². The summed E-state index contributed by atoms with van der Waals surface area (Å²) in [7, 11) is 0. The number of nitrogens with one attached hydrogen (secondary N) is 1. The molecular weight excluding hydrogens is 353 g/mol. The first-order valence-electron chi connectivity index (χ1n) is 7.74. The van der Waals surface area contributed by atoms with E-state index in [0.29, 0.717) is 30.8 Å². The standard InChI is InChI=1S/C17H15F3N2O2S/c18-11-3-4-12(15(20)14(11)19)21-16(23)10-5-7-22(8-6-10)17(24)13-2-1-9-25-13/h1-4,9-10H,5-8H2,(H,21,23). The normalized spacial score (nSPS) is 15.2. The van der Waals surface area contributed by atoms with Crippen LogP contribution in [0, 0.1) is 23.4 Å². The summed E-state index contributed by atoms with van der Waals surface area (Å²) in [6.45, 7) is 0.824. The molecule has 0 atom stereocenters. The van der Waals surface area contributed by atoms with Gasteiger partial charge in [-0.2, -0.15) is 0 Å². The second-order valence-corrected chi connectivity index (χ2v) is 6.70. The fraction of sp³-hybridized carbons (Fsp3) is 0.294. The van der Waals surface area contributed by atoms with Gasteiger partial charge in [0.15, 0.2) is 17.5 Å². The molecule has 1 saturated heterocycles. The monoisotopic (exact) mass is 368 g/mol. The maximum atomic E-state index is 13.6. The molecule has 3 rings (SSSR count). The van der Waals surface area contributed by atoms with Crippen LogP contribution in [-0.2, 0) is 4.79 Å². The lowest BCUT2D eigenvalue weighted by atomic mass is 9.95. The number of halogens is 3. The molecule has 2 heterocycles. The Morgan fingerprint density at radius 1 is 1.08 bits per heavy atom. The molecule has 1 aromatic carbocycles. The Morgan fingerprint density at radius 3 is 2.44 bits per heavy atom. The summed E-state index contributed by atoms with van der Waals surface area (Å²) in [6, 6.07) is 5.30. The van der Waals surface area contributed by atoms with E-state index in [1.807, 2.05) is 5.38 Å². The Hall–Kier alpha value is -2.35. The van der Waals surface area contributed by atoms with Crippen molar-refractivity contribution in [1.82, 2.24) is 4.90 Å². The van der Waals surface area contributed by atoms with Crippen LogP contribution in [-0.4, -0.2) is 29.8 Å². The fourth-order valence-electron chi connectivity index (χ4n) is 2.76. The third kappa shape index (κ3) is 3.68. The van der Waals surface area contributed by atoms with Gasteiger partial charge in [0.2, 0.25) is 5.91 Å². The number of anilines is 1. The predicted molar refractivity (Wildman–Crippen MR) is 87.9 cm³/mol. The molecule has 0 aliphatic carbocycles. The Labute approximate surface area is 146 Å². The lowest BCUT2D eigenvalue weighted by molar-refractivity contribution is -0.121. The number of benzene rings is 1. The molecule has 2 amide bonds. The van der Waals surface area contributed by atoms with E-state index in [1.165, 1.54) is 11.3 Å². The molecular formula is C17H15F3N2O2S. The van der Waals surface area contributed by atoms with E-state index < -0.39 is 29.3 Å². The zero-order valence-corrected chi connectivity index (χ0v) is 13.9. The summed E-state index contributed by atoms with van der Waals surface area (Å²) in [5.74, 6) is -5.29. The molecule has 25 heavy (non-hydrogen) atoms. The van der Waals surface area contributed by atoms with Gasteiger partial charge < -0.3 is 10.2 Å². The Balaban J connectivity index is 1.59. The molecule has 1 N–H and O–H groups in total. The van der Waals surface area contributed by atoms with Crippen LogP contribution >= 0.6 is 11.3 Å². The number of hydrogen-bond acceptors (Lipinski definition) is 3. The molecule has 132 valence electrons. The molecule has 0 spiro atoms. The molecule has 1 aliphatic rings. The zero-order chi connectivity index (χ0) is 18.0. The van der Waals surface area contributed by atoms with Crippen molar-refractivity contribution in [3.05, 3.63) is 52.0 Å². The minimum Gasteiger partial charge on any atom is -0.338 e. The van der Waals surface area contributed by atoms with E-state index in [9.17, 15) is 22.8 Å². The summed E-state index contributed by atoms with van der Waals surface area (Å²) in [5.41, 5.74) is -0.388. The molecule has 1 aromatic heterocycles. The van der Waals surface area contributed by atoms with Gasteiger partial charge in [0.1, 0.15) is 0 Å². The average molecular weight is 368 g/mol. The van der Waals surface area contributed by atoms with Crippen LogP contribution in [0.25, 0.3) is 0 Å². The lowest BCUT2D eigenvalue weighted by Crippen LogP contribution is -2.41. The van der Waals surface area contributed by atoms with Gasteiger partial charge in [0.25, 0.3) is 5.91 Å². The number of piperidine rings is 1. The van der Waals surface area contributed by atoms with Gasteiger partial charge in [-0.25, -0.2) is 13.2 Å². The summed E-state index contributed by atoms with van der Waals surface area (Å²) in [6.07, 6.45) is 0.850. The number of thiophene rings is 1. The molecule has 1 aliphatic heterocycles. The molecule has 1 fully saturated rings. The maximum absolute atomic E-state index is 13.6. The van der Waals surface area contributed by atoms with Crippen LogP contribution in [0.15, 0.2) is 29.6 Å². The summed E-state index contributed by atoms with van der Waals surface area (Å²) < 4.78 is 39.8. The number of amides is 2. The van der Waals surface area contributed by atoms with Gasteiger partial charge in [-0.1, -0.05) is 6.07 Å². The van der Waals surface area contributed by atoms with E-state index in [0.717, 1.165) is 12.1 Å². The number of carbonyl (C=O) groups excluding carboxylic acids is 2. The van der Waals surface area contributed by atoms with Crippen LogP contribution in [0.2, 0.25) is 0 Å². The summed E-state index contributed by atoms with van der Waals surface area (Å²) in [4.78, 5) is 26.8. The maximum Gasteiger partial charge on any atom is 0.263 e. The minimum absolute atomic E-state index is 0.0690. The average Bonchev–Trinajstić information content (AvgIpc) is 3.16. The topological polar surface area (TPSA) is 49.4 Å². The highest BCUT2D eigenvalue weighted by atomic mass is 32.1. The molecule has 0 unspecified atom stereocenters. The van der Waals surface area contributed by atoms with Crippen LogP contribution in [0.4, 0.5) is 18.9 Å². The van der Waals surface area contributed by atoms with Crippen molar-refractivity contribution in [2.75, 3.05) is 18.4 Å². The first kappa shape index (κ1) is 17.5. The molecule has 0 bridgehead atoms. The minimum atomic E-state index is -1.62. The molecule has 0 radical (unpaired) electrons. The number of nitrogens with zero attached hydrogens (tertiary/aromatic N) is 1. The third-order valence-corrected chi connectivity index (χ3v) is 5.04. The molecule has 2 aromatic rings. The summed E-state index contributed by atoms with van der Waals surface area (Å²) >= 11 is 1.36. The Bertz CT molecular complexity index is 787. The lowest BCUT2D eigenvalue weighted by Gasteiger charge is -2.31. The smallest absolute Gasteiger partial charge is 0.263 e. The van der Waals surface area contributed by atoms with E-state index >= 15 is 0 Å². The van der Waals surface area contributed by atoms with Crippen molar-refractivity contribution in [2.24, 2.45) is 5.92 Å². The fourth-order valence-corrected chi connectivity index (χ4v) is 3.45. The van der Waals surface area contributed by atoms with Gasteiger partial charge in [0.05, 0.1) is 10.6 Å². The van der Waals surface area contributed by atoms with Gasteiger partial charge in [-0.05, 0) is 36.4 Å². The van der Waals surface area contributed by atoms with Gasteiger partial charge in [-0.15, -0.1) is 11.3 Å². The highest BCUT2D eigenvalue weighted by molar-refractivity contribution is 7.12. The number of likely N-dealkylation sites (tertiary alicyclic amines) is 1. The highest BCUT2D eigenvalue weighted by Crippen LogP contribution is 2.24. The highest BCUT2D eigenvalue weighted by Gasteiger charge is 2.29. The predicted octanol–water partition coefficient (Wildman–Crippen LogP) is 3.66. The number of carbonyl (C=O) groups is 2. The van der Waals surface area contributed by atoms with E-state index in [-0.39, 0.29) is 11.6 Å². The second kappa shape index (κ2) is 7.26. The quantitative estimate of drug-likeness (QED) is 0.841. The molecule has 0 saturated carbocycles. The SMILES string of the molecule is O=C(Nc1ccc(F)c(F)c1F)C1CCN(C(=O)c2cccs2)CC1. The van der Waals surface area contributed by atoms with Crippen molar-refractivity contribution in [3.8, 4) is 0 Å². The largest absolute Gasteiger partial charge is 0.338 e. The van der Waals surface area contributed by atoms with E-state index in [4.69, 9.17) is 0 Å². The second-order valence-electron chi connectivity index (χ2n) is 5.76. The third-order valence-electron chi connectivity index (χ3n) is 4.18.